The van der Waals surface area contributed by atoms with Gasteiger partial charge in [0.25, 0.3) is 10.0 Å². The van der Waals surface area contributed by atoms with Crippen molar-refractivity contribution in [2.45, 2.75) is 4.90 Å². The molecule has 0 fully saturated rings. The van der Waals surface area contributed by atoms with Crippen molar-refractivity contribution >= 4 is 33.0 Å². The number of hydrogen-bond donors (Lipinski definition) is 2. The third-order valence-electron chi connectivity index (χ3n) is 2.46. The molecule has 0 radical (unpaired) electrons. The van der Waals surface area contributed by atoms with Crippen molar-refractivity contribution in [3.8, 4) is 0 Å². The van der Waals surface area contributed by atoms with Gasteiger partial charge in [0.15, 0.2) is 0 Å². The number of hydrogen-bond acceptors (Lipinski definition) is 3. The topological polar surface area (TPSA) is 72.2 Å². The molecule has 0 aromatic heterocycles. The molecule has 0 aliphatic carbocycles. The third kappa shape index (κ3) is 2.83. The lowest BCUT2D eigenvalue weighted by Gasteiger charge is -2.11. The maximum absolute atomic E-state index is 13.4. The van der Waals surface area contributed by atoms with Gasteiger partial charge in [-0.25, -0.2) is 17.2 Å². The number of para-hydroxylation sites is 1. The minimum atomic E-state index is -4.22. The summed E-state index contributed by atoms with van der Waals surface area (Å²) in [5.41, 5.74) is 4.66. The lowest BCUT2D eigenvalue weighted by Crippen LogP contribution is -2.16. The lowest BCUT2D eigenvalue weighted by molar-refractivity contribution is 0.583. The smallest absolute Gasteiger partial charge is 0.264 e. The van der Waals surface area contributed by atoms with Gasteiger partial charge in [0.2, 0.25) is 0 Å². The maximum Gasteiger partial charge on any atom is 0.264 e. The molecule has 0 amide bonds. The summed E-state index contributed by atoms with van der Waals surface area (Å²) in [5, 5.41) is 0.249. The highest BCUT2D eigenvalue weighted by Gasteiger charge is 2.21. The van der Waals surface area contributed by atoms with Crippen molar-refractivity contribution in [1.29, 1.82) is 0 Å². The van der Waals surface area contributed by atoms with Crippen molar-refractivity contribution in [3.05, 3.63) is 53.1 Å². The van der Waals surface area contributed by atoms with Crippen LogP contribution in [0.1, 0.15) is 0 Å². The Hall–Kier alpha value is -1.86. The van der Waals surface area contributed by atoms with Gasteiger partial charge in [-0.2, -0.15) is 0 Å². The van der Waals surface area contributed by atoms with Crippen LogP contribution in [0.15, 0.2) is 41.3 Å². The highest BCUT2D eigenvalue weighted by atomic mass is 35.5. The minimum Gasteiger partial charge on any atom is -0.398 e. The SMILES string of the molecule is Nc1cc(Cl)ccc1S(=O)(=O)Nc1c(F)cccc1F. The van der Waals surface area contributed by atoms with Crippen LogP contribution in [-0.2, 0) is 10.0 Å². The fourth-order valence-electron chi connectivity index (χ4n) is 1.55. The summed E-state index contributed by atoms with van der Waals surface area (Å²) in [4.78, 5) is -0.315. The van der Waals surface area contributed by atoms with Crippen LogP contribution in [0.3, 0.4) is 0 Å². The molecule has 0 saturated heterocycles. The largest absolute Gasteiger partial charge is 0.398 e. The van der Waals surface area contributed by atoms with Gasteiger partial charge < -0.3 is 5.73 Å². The van der Waals surface area contributed by atoms with Crippen molar-refractivity contribution in [2.75, 3.05) is 10.5 Å². The van der Waals surface area contributed by atoms with E-state index in [0.29, 0.717) is 0 Å². The molecule has 106 valence electrons. The van der Waals surface area contributed by atoms with Crippen LogP contribution in [0, 0.1) is 11.6 Å². The van der Waals surface area contributed by atoms with E-state index >= 15 is 0 Å². The summed E-state index contributed by atoms with van der Waals surface area (Å²) in [6.07, 6.45) is 0. The van der Waals surface area contributed by atoms with Crippen molar-refractivity contribution in [2.24, 2.45) is 0 Å². The first-order chi connectivity index (χ1) is 9.31. The van der Waals surface area contributed by atoms with E-state index in [-0.39, 0.29) is 15.6 Å². The maximum atomic E-state index is 13.4. The molecule has 2 aromatic rings. The molecule has 8 heteroatoms. The number of halogens is 3. The third-order valence-corrected chi connectivity index (χ3v) is 4.12. The first-order valence-corrected chi connectivity index (χ1v) is 7.19. The van der Waals surface area contributed by atoms with Crippen LogP contribution >= 0.6 is 11.6 Å². The van der Waals surface area contributed by atoms with Crippen molar-refractivity contribution < 1.29 is 17.2 Å². The van der Waals surface area contributed by atoms with E-state index in [0.717, 1.165) is 24.3 Å². The molecule has 2 rings (SSSR count). The van der Waals surface area contributed by atoms with Gasteiger partial charge in [-0.1, -0.05) is 17.7 Å². The quantitative estimate of drug-likeness (QED) is 0.854. The monoisotopic (exact) mass is 318 g/mol. The Bertz CT molecular complexity index is 746. The Balaban J connectivity index is 2.46. The number of nitrogens with one attached hydrogen (secondary N) is 1. The summed E-state index contributed by atoms with van der Waals surface area (Å²) in [6.45, 7) is 0. The van der Waals surface area contributed by atoms with Gasteiger partial charge in [0.1, 0.15) is 22.2 Å². The number of sulfonamides is 1. The molecule has 4 nitrogen and oxygen atoms in total. The van der Waals surface area contributed by atoms with Gasteiger partial charge in [0, 0.05) is 5.02 Å². The van der Waals surface area contributed by atoms with Crippen LogP contribution in [0.5, 0.6) is 0 Å². The van der Waals surface area contributed by atoms with Crippen molar-refractivity contribution in [1.82, 2.24) is 0 Å². The van der Waals surface area contributed by atoms with Gasteiger partial charge in [-0.15, -0.1) is 0 Å². The van der Waals surface area contributed by atoms with Gasteiger partial charge in [0.05, 0.1) is 5.69 Å². The molecule has 0 heterocycles. The molecule has 0 saturated carbocycles. The predicted molar refractivity (Wildman–Crippen MR) is 73.0 cm³/mol. The summed E-state index contributed by atoms with van der Waals surface area (Å²) >= 11 is 5.66. The van der Waals surface area contributed by atoms with Crippen LogP contribution < -0.4 is 10.5 Å². The second-order valence-corrected chi connectivity index (χ2v) is 5.97. The molecule has 0 atom stereocenters. The minimum absolute atomic E-state index is 0.123. The zero-order chi connectivity index (χ0) is 14.9. The number of nitrogen functional groups attached to an aromatic ring is 1. The van der Waals surface area contributed by atoms with Crippen molar-refractivity contribution in [3.63, 3.8) is 0 Å². The van der Waals surface area contributed by atoms with E-state index in [1.165, 1.54) is 12.1 Å². The molecule has 20 heavy (non-hydrogen) atoms. The molecule has 0 unspecified atom stereocenters. The number of anilines is 2. The van der Waals surface area contributed by atoms with E-state index in [9.17, 15) is 17.2 Å². The number of benzene rings is 2. The Kier molecular flexibility index (Phi) is 3.82. The van der Waals surface area contributed by atoms with Crippen LogP contribution in [0.4, 0.5) is 20.2 Å². The highest BCUT2D eigenvalue weighted by molar-refractivity contribution is 7.92. The van der Waals surface area contributed by atoms with E-state index in [2.05, 4.69) is 0 Å². The second-order valence-electron chi connectivity index (χ2n) is 3.88. The molecule has 2 aromatic carbocycles. The van der Waals surface area contributed by atoms with Gasteiger partial charge in [-0.05, 0) is 30.3 Å². The van der Waals surface area contributed by atoms with Gasteiger partial charge >= 0.3 is 0 Å². The molecule has 0 bridgehead atoms. The summed E-state index contributed by atoms with van der Waals surface area (Å²) in [6, 6.07) is 6.69. The summed E-state index contributed by atoms with van der Waals surface area (Å²) < 4.78 is 52.9. The first-order valence-electron chi connectivity index (χ1n) is 5.33. The fourth-order valence-corrected chi connectivity index (χ4v) is 2.92. The number of nitrogens with two attached hydrogens (primary N) is 1. The first kappa shape index (κ1) is 14.5. The molecular formula is C12H9ClF2N2O2S. The van der Waals surface area contributed by atoms with Gasteiger partial charge in [-0.3, -0.25) is 4.72 Å². The van der Waals surface area contributed by atoms with Crippen LogP contribution in [0.2, 0.25) is 5.02 Å². The molecule has 0 aliphatic rings. The summed E-state index contributed by atoms with van der Waals surface area (Å²) in [7, 11) is -4.22. The summed E-state index contributed by atoms with van der Waals surface area (Å²) in [5.74, 6) is -2.05. The normalized spacial score (nSPS) is 11.3. The Morgan fingerprint density at radius 1 is 1.10 bits per heavy atom. The fraction of sp³-hybridized carbons (Fsp3) is 0. The van der Waals surface area contributed by atoms with E-state index < -0.39 is 27.3 Å². The Morgan fingerprint density at radius 3 is 2.25 bits per heavy atom. The van der Waals surface area contributed by atoms with E-state index in [1.807, 2.05) is 4.72 Å². The lowest BCUT2D eigenvalue weighted by atomic mass is 10.3. The second kappa shape index (κ2) is 5.26. The average molecular weight is 319 g/mol. The standard InChI is InChI=1S/C12H9ClF2N2O2S/c13-7-4-5-11(10(16)6-7)20(18,19)17-12-8(14)2-1-3-9(12)15/h1-6,17H,16H2. The van der Waals surface area contributed by atoms with E-state index in [1.54, 1.807) is 0 Å². The molecule has 0 aliphatic heterocycles. The highest BCUT2D eigenvalue weighted by Crippen LogP contribution is 2.26. The Morgan fingerprint density at radius 2 is 1.70 bits per heavy atom. The zero-order valence-electron chi connectivity index (χ0n) is 9.90. The average Bonchev–Trinajstić information content (AvgIpc) is 2.33. The van der Waals surface area contributed by atoms with Crippen LogP contribution in [0.25, 0.3) is 0 Å². The van der Waals surface area contributed by atoms with Crippen LogP contribution in [-0.4, -0.2) is 8.42 Å². The molecule has 0 spiro atoms. The zero-order valence-corrected chi connectivity index (χ0v) is 11.5. The van der Waals surface area contributed by atoms with E-state index in [4.69, 9.17) is 17.3 Å². The molecular weight excluding hydrogens is 310 g/mol. The Labute approximate surface area is 119 Å². The molecule has 3 N–H and O–H groups in total. The predicted octanol–water partition coefficient (Wildman–Crippen LogP) is 3.00. The number of rotatable bonds is 3.